The number of anilines is 1. The van der Waals surface area contributed by atoms with Crippen molar-refractivity contribution in [3.05, 3.63) is 24.3 Å². The number of benzene rings is 1. The van der Waals surface area contributed by atoms with Gasteiger partial charge in [-0.1, -0.05) is 0 Å². The molecule has 0 aromatic heterocycles. The van der Waals surface area contributed by atoms with Gasteiger partial charge in [0.05, 0.1) is 0 Å². The average Bonchev–Trinajstić information content (AvgIpc) is 2.18. The maximum atomic E-state index is 11.7. The summed E-state index contributed by atoms with van der Waals surface area (Å²) in [6.45, 7) is -1.39. The molecule has 16 heavy (non-hydrogen) atoms. The molecule has 0 unspecified atom stereocenters. The Kier molecular flexibility index (Phi) is 3.60. The van der Waals surface area contributed by atoms with Crippen LogP contribution in [0.4, 0.5) is 23.7 Å². The molecule has 3 N–H and O–H groups in total. The first-order chi connectivity index (χ1) is 7.37. The Hall–Kier alpha value is -1.92. The topological polar surface area (TPSA) is 61.4 Å². The zero-order valence-corrected chi connectivity index (χ0v) is 8.01. The van der Waals surface area contributed by atoms with E-state index in [1.807, 2.05) is 0 Å². The second kappa shape index (κ2) is 4.73. The van der Waals surface area contributed by atoms with Crippen LogP contribution in [0.1, 0.15) is 0 Å². The molecule has 0 aliphatic rings. The van der Waals surface area contributed by atoms with E-state index in [2.05, 4.69) is 5.32 Å². The molecule has 2 amide bonds. The van der Waals surface area contributed by atoms with E-state index in [4.69, 9.17) is 5.11 Å². The van der Waals surface area contributed by atoms with Crippen LogP contribution in [0.15, 0.2) is 24.3 Å². The predicted molar refractivity (Wildman–Crippen MR) is 51.2 cm³/mol. The number of hydrogen-bond donors (Lipinski definition) is 3. The molecule has 7 heteroatoms. The van der Waals surface area contributed by atoms with E-state index in [-0.39, 0.29) is 11.4 Å². The molecule has 88 valence electrons. The van der Waals surface area contributed by atoms with Gasteiger partial charge in [0, 0.05) is 5.69 Å². The number of hydrogen-bond acceptors (Lipinski definition) is 2. The lowest BCUT2D eigenvalue weighted by Gasteiger charge is -2.09. The normalized spacial score (nSPS) is 10.9. The Morgan fingerprint density at radius 1 is 1.25 bits per heavy atom. The second-order valence-electron chi connectivity index (χ2n) is 2.97. The third-order valence-electron chi connectivity index (χ3n) is 1.57. The van der Waals surface area contributed by atoms with Crippen molar-refractivity contribution in [2.24, 2.45) is 0 Å². The highest BCUT2D eigenvalue weighted by molar-refractivity contribution is 5.89. The number of nitrogens with one attached hydrogen (secondary N) is 2. The van der Waals surface area contributed by atoms with Crippen LogP contribution in [0.2, 0.25) is 0 Å². The van der Waals surface area contributed by atoms with Crippen molar-refractivity contribution in [1.82, 2.24) is 5.32 Å². The van der Waals surface area contributed by atoms with E-state index in [0.717, 1.165) is 0 Å². The van der Waals surface area contributed by atoms with Gasteiger partial charge in [0.15, 0.2) is 0 Å². The summed E-state index contributed by atoms with van der Waals surface area (Å²) in [5.41, 5.74) is 0.289. The van der Waals surface area contributed by atoms with Gasteiger partial charge in [-0.25, -0.2) is 4.79 Å². The molecule has 0 saturated carbocycles. The molecule has 0 heterocycles. The first-order valence-electron chi connectivity index (χ1n) is 4.27. The van der Waals surface area contributed by atoms with Crippen LogP contribution in [0.3, 0.4) is 0 Å². The molecule has 1 rings (SSSR count). The molecule has 0 bridgehead atoms. The zero-order valence-electron chi connectivity index (χ0n) is 8.01. The van der Waals surface area contributed by atoms with Gasteiger partial charge in [-0.3, -0.25) is 0 Å². The molecule has 0 aliphatic heterocycles. The van der Waals surface area contributed by atoms with Gasteiger partial charge in [-0.2, -0.15) is 13.2 Å². The van der Waals surface area contributed by atoms with E-state index in [1.165, 1.54) is 24.3 Å². The van der Waals surface area contributed by atoms with Gasteiger partial charge < -0.3 is 15.7 Å². The number of urea groups is 1. The Morgan fingerprint density at radius 2 is 1.81 bits per heavy atom. The van der Waals surface area contributed by atoms with Crippen LogP contribution in [-0.2, 0) is 0 Å². The van der Waals surface area contributed by atoms with Gasteiger partial charge in [-0.15, -0.1) is 0 Å². The first kappa shape index (κ1) is 12.2. The smallest absolute Gasteiger partial charge is 0.405 e. The standard InChI is InChI=1S/C9H9F3N2O2/c10-9(11,12)5-13-8(16)14-6-1-3-7(15)4-2-6/h1-4,15H,5H2,(H2,13,14,16). The number of alkyl halides is 3. The number of phenols is 1. The number of halogens is 3. The summed E-state index contributed by atoms with van der Waals surface area (Å²) in [5, 5.41) is 12.8. The molecule has 0 radical (unpaired) electrons. The van der Waals surface area contributed by atoms with Crippen molar-refractivity contribution in [2.45, 2.75) is 6.18 Å². The van der Waals surface area contributed by atoms with Crippen molar-refractivity contribution < 1.29 is 23.1 Å². The Morgan fingerprint density at radius 3 is 2.31 bits per heavy atom. The summed E-state index contributed by atoms with van der Waals surface area (Å²) in [6.07, 6.45) is -4.44. The third-order valence-corrected chi connectivity index (χ3v) is 1.57. The fourth-order valence-corrected chi connectivity index (χ4v) is 0.901. The highest BCUT2D eigenvalue weighted by Crippen LogP contribution is 2.14. The van der Waals surface area contributed by atoms with Crippen molar-refractivity contribution >= 4 is 11.7 Å². The van der Waals surface area contributed by atoms with Crippen LogP contribution in [0, 0.1) is 0 Å². The molecular formula is C9H9F3N2O2. The van der Waals surface area contributed by atoms with Crippen LogP contribution in [-0.4, -0.2) is 23.9 Å². The number of carbonyl (C=O) groups excluding carboxylic acids is 1. The van der Waals surface area contributed by atoms with Crippen molar-refractivity contribution in [1.29, 1.82) is 0 Å². The average molecular weight is 234 g/mol. The largest absolute Gasteiger partial charge is 0.508 e. The molecule has 0 atom stereocenters. The fraction of sp³-hybridized carbons (Fsp3) is 0.222. The van der Waals surface area contributed by atoms with E-state index in [0.29, 0.717) is 0 Å². The summed E-state index contributed by atoms with van der Waals surface area (Å²) in [5.74, 6) is 0.00116. The van der Waals surface area contributed by atoms with Gasteiger partial charge in [0.2, 0.25) is 0 Å². The molecular weight excluding hydrogens is 225 g/mol. The molecule has 0 saturated heterocycles. The highest BCUT2D eigenvalue weighted by atomic mass is 19.4. The second-order valence-corrected chi connectivity index (χ2v) is 2.97. The van der Waals surface area contributed by atoms with Crippen LogP contribution in [0.25, 0.3) is 0 Å². The molecule has 0 fully saturated rings. The summed E-state index contributed by atoms with van der Waals surface area (Å²) in [4.78, 5) is 11.0. The maximum Gasteiger partial charge on any atom is 0.405 e. The number of aromatic hydroxyl groups is 1. The summed E-state index contributed by atoms with van der Waals surface area (Å²) in [7, 11) is 0. The van der Waals surface area contributed by atoms with Gasteiger partial charge in [-0.05, 0) is 24.3 Å². The van der Waals surface area contributed by atoms with E-state index >= 15 is 0 Å². The zero-order chi connectivity index (χ0) is 12.2. The minimum absolute atomic E-state index is 0.00116. The van der Waals surface area contributed by atoms with Crippen LogP contribution < -0.4 is 10.6 Å². The molecule has 1 aromatic carbocycles. The van der Waals surface area contributed by atoms with E-state index < -0.39 is 18.8 Å². The van der Waals surface area contributed by atoms with Gasteiger partial charge >= 0.3 is 12.2 Å². The lowest BCUT2D eigenvalue weighted by Crippen LogP contribution is -2.36. The highest BCUT2D eigenvalue weighted by Gasteiger charge is 2.27. The van der Waals surface area contributed by atoms with Gasteiger partial charge in [0.1, 0.15) is 12.3 Å². The SMILES string of the molecule is O=C(NCC(F)(F)F)Nc1ccc(O)cc1. The minimum atomic E-state index is -4.44. The number of phenolic OH excluding ortho intramolecular Hbond substituents is 1. The Bertz CT molecular complexity index is 362. The maximum absolute atomic E-state index is 11.7. The van der Waals surface area contributed by atoms with Crippen LogP contribution in [0.5, 0.6) is 5.75 Å². The van der Waals surface area contributed by atoms with Crippen LogP contribution >= 0.6 is 0 Å². The number of amides is 2. The lowest BCUT2D eigenvalue weighted by atomic mass is 10.3. The number of carbonyl (C=O) groups is 1. The predicted octanol–water partition coefficient (Wildman–Crippen LogP) is 2.08. The van der Waals surface area contributed by atoms with Gasteiger partial charge in [0.25, 0.3) is 0 Å². The fourth-order valence-electron chi connectivity index (χ4n) is 0.901. The molecule has 4 nitrogen and oxygen atoms in total. The van der Waals surface area contributed by atoms with Crippen molar-refractivity contribution in [2.75, 3.05) is 11.9 Å². The summed E-state index contributed by atoms with van der Waals surface area (Å²) < 4.78 is 35.2. The Labute approximate surface area is 89.1 Å². The van der Waals surface area contributed by atoms with E-state index in [1.54, 1.807) is 5.32 Å². The lowest BCUT2D eigenvalue weighted by molar-refractivity contribution is -0.122. The quantitative estimate of drug-likeness (QED) is 0.686. The first-order valence-corrected chi connectivity index (χ1v) is 4.27. The molecule has 0 aliphatic carbocycles. The third kappa shape index (κ3) is 4.54. The van der Waals surface area contributed by atoms with E-state index in [9.17, 15) is 18.0 Å². The Balaban J connectivity index is 2.43. The summed E-state index contributed by atoms with van der Waals surface area (Å²) >= 11 is 0. The van der Waals surface area contributed by atoms with Crippen molar-refractivity contribution in [3.63, 3.8) is 0 Å². The molecule has 1 aromatic rings. The van der Waals surface area contributed by atoms with Crippen molar-refractivity contribution in [3.8, 4) is 5.75 Å². The molecule has 0 spiro atoms. The monoisotopic (exact) mass is 234 g/mol. The minimum Gasteiger partial charge on any atom is -0.508 e. The number of rotatable bonds is 2. The summed E-state index contributed by atoms with van der Waals surface area (Å²) in [6, 6.07) is 4.38.